The largest absolute Gasteiger partial charge is 0.486 e. The molecule has 3 aliphatic rings. The zero-order valence-electron chi connectivity index (χ0n) is 21.8. The van der Waals surface area contributed by atoms with Gasteiger partial charge in [-0.3, -0.25) is 14.5 Å². The van der Waals surface area contributed by atoms with Crippen molar-refractivity contribution in [3.63, 3.8) is 0 Å². The quantitative estimate of drug-likeness (QED) is 0.539. The summed E-state index contributed by atoms with van der Waals surface area (Å²) in [6.07, 6.45) is 7.30. The van der Waals surface area contributed by atoms with Gasteiger partial charge in [0, 0.05) is 26.2 Å². The Hall–Kier alpha value is -2.28. The van der Waals surface area contributed by atoms with E-state index in [0.717, 1.165) is 69.7 Å². The predicted octanol–water partition coefficient (Wildman–Crippen LogP) is 4.14. The number of rotatable bonds is 10. The van der Waals surface area contributed by atoms with Crippen LogP contribution in [0.5, 0.6) is 11.5 Å². The lowest BCUT2D eigenvalue weighted by Gasteiger charge is -2.52. The highest BCUT2D eigenvalue weighted by Gasteiger charge is 2.53. The summed E-state index contributed by atoms with van der Waals surface area (Å²) in [4.78, 5) is 31.6. The fourth-order valence-corrected chi connectivity index (χ4v) is 5.93. The number of piperazine rings is 1. The first-order valence-corrected chi connectivity index (χ1v) is 13.7. The number of hydrogen-bond acceptors (Lipinski definition) is 5. The Morgan fingerprint density at radius 3 is 2.49 bits per heavy atom. The van der Waals surface area contributed by atoms with E-state index >= 15 is 0 Å². The number of unbranched alkanes of at least 4 members (excludes halogenated alkanes) is 1. The molecule has 1 N–H and O–H groups in total. The number of ether oxygens (including phenoxy) is 2. The molecule has 2 saturated heterocycles. The third kappa shape index (κ3) is 5.60. The molecule has 7 heteroatoms. The summed E-state index contributed by atoms with van der Waals surface area (Å²) in [6.45, 7) is 10.7. The van der Waals surface area contributed by atoms with Gasteiger partial charge in [0.05, 0.1) is 0 Å². The van der Waals surface area contributed by atoms with Crippen molar-refractivity contribution in [3.8, 4) is 11.5 Å². The number of carbonyl (C=O) groups is 2. The van der Waals surface area contributed by atoms with E-state index in [0.29, 0.717) is 38.5 Å². The average molecular weight is 486 g/mol. The zero-order valence-corrected chi connectivity index (χ0v) is 21.8. The number of benzene rings is 1. The van der Waals surface area contributed by atoms with E-state index in [1.165, 1.54) is 5.56 Å². The van der Waals surface area contributed by atoms with Gasteiger partial charge in [0.2, 0.25) is 11.8 Å². The predicted molar refractivity (Wildman–Crippen MR) is 137 cm³/mol. The van der Waals surface area contributed by atoms with E-state index in [9.17, 15) is 9.59 Å². The molecule has 2 fully saturated rings. The number of fused-ring (bicyclic) bond motifs is 1. The molecular weight excluding hydrogens is 442 g/mol. The molecule has 2 unspecified atom stereocenters. The van der Waals surface area contributed by atoms with Crippen LogP contribution < -0.4 is 14.8 Å². The highest BCUT2D eigenvalue weighted by atomic mass is 16.6. The van der Waals surface area contributed by atoms with Gasteiger partial charge in [0.1, 0.15) is 24.8 Å². The SMILES string of the molecule is CCCCN1C(=O)C(CC(CC)CCC)NC(=O)C12CCN(Cc1ccc3c(c1)OCCO3)CC2. The molecule has 0 saturated carbocycles. The number of hydrogen-bond donors (Lipinski definition) is 1. The van der Waals surface area contributed by atoms with Crippen LogP contribution in [0.3, 0.4) is 0 Å². The molecule has 1 aromatic rings. The minimum Gasteiger partial charge on any atom is -0.486 e. The van der Waals surface area contributed by atoms with Crippen molar-refractivity contribution in [2.45, 2.75) is 90.3 Å². The maximum absolute atomic E-state index is 13.7. The second-order valence-electron chi connectivity index (χ2n) is 10.5. The molecule has 1 spiro atoms. The average Bonchev–Trinajstić information content (AvgIpc) is 2.88. The molecule has 7 nitrogen and oxygen atoms in total. The molecule has 2 amide bonds. The first-order valence-electron chi connectivity index (χ1n) is 13.7. The van der Waals surface area contributed by atoms with Crippen molar-refractivity contribution < 1.29 is 19.1 Å². The normalized spacial score (nSPS) is 22.8. The van der Waals surface area contributed by atoms with Crippen molar-refractivity contribution >= 4 is 11.8 Å². The van der Waals surface area contributed by atoms with Crippen LogP contribution in [0.25, 0.3) is 0 Å². The third-order valence-electron chi connectivity index (χ3n) is 8.08. The van der Waals surface area contributed by atoms with E-state index in [-0.39, 0.29) is 17.9 Å². The standard InChI is InChI=1S/C28H43N3O4/c1-4-7-13-31-26(32)23(18-21(6-3)8-5-2)29-27(33)28(31)11-14-30(15-12-28)20-22-9-10-24-25(19-22)35-17-16-34-24/h9-10,19,21,23H,4-8,11-18,20H2,1-3H3,(H,29,33). The van der Waals surface area contributed by atoms with Crippen LogP contribution >= 0.6 is 0 Å². The highest BCUT2D eigenvalue weighted by molar-refractivity contribution is 6.00. The summed E-state index contributed by atoms with van der Waals surface area (Å²) in [7, 11) is 0. The van der Waals surface area contributed by atoms with Gasteiger partial charge in [-0.05, 0) is 49.3 Å². The van der Waals surface area contributed by atoms with Crippen LogP contribution in [0.4, 0.5) is 0 Å². The fourth-order valence-electron chi connectivity index (χ4n) is 5.93. The lowest BCUT2D eigenvalue weighted by atomic mass is 9.80. The van der Waals surface area contributed by atoms with Crippen LogP contribution in [0.1, 0.15) is 77.7 Å². The van der Waals surface area contributed by atoms with Crippen molar-refractivity contribution in [2.75, 3.05) is 32.8 Å². The van der Waals surface area contributed by atoms with Crippen LogP contribution in [0.2, 0.25) is 0 Å². The van der Waals surface area contributed by atoms with E-state index in [4.69, 9.17) is 9.47 Å². The Labute approximate surface area is 210 Å². The lowest BCUT2D eigenvalue weighted by molar-refractivity contribution is -0.162. The minimum absolute atomic E-state index is 0.0588. The second-order valence-corrected chi connectivity index (χ2v) is 10.5. The number of nitrogens with zero attached hydrogens (tertiary/aromatic N) is 2. The summed E-state index contributed by atoms with van der Waals surface area (Å²) < 4.78 is 11.4. The zero-order chi connectivity index (χ0) is 24.8. The first kappa shape index (κ1) is 25.8. The van der Waals surface area contributed by atoms with Gasteiger partial charge in [0.25, 0.3) is 0 Å². The summed E-state index contributed by atoms with van der Waals surface area (Å²) in [5, 5.41) is 3.18. The number of nitrogens with one attached hydrogen (secondary N) is 1. The van der Waals surface area contributed by atoms with E-state index in [2.05, 4.69) is 43.1 Å². The van der Waals surface area contributed by atoms with Gasteiger partial charge in [0.15, 0.2) is 11.5 Å². The maximum Gasteiger partial charge on any atom is 0.246 e. The van der Waals surface area contributed by atoms with Crippen LogP contribution in [-0.4, -0.2) is 66.0 Å². The molecule has 35 heavy (non-hydrogen) atoms. The van der Waals surface area contributed by atoms with Crippen molar-refractivity contribution in [1.29, 1.82) is 0 Å². The third-order valence-corrected chi connectivity index (χ3v) is 8.08. The second kappa shape index (κ2) is 11.6. The van der Waals surface area contributed by atoms with Crippen molar-refractivity contribution in [3.05, 3.63) is 23.8 Å². The van der Waals surface area contributed by atoms with Gasteiger partial charge in [-0.1, -0.05) is 52.5 Å². The van der Waals surface area contributed by atoms with Crippen LogP contribution in [0, 0.1) is 5.92 Å². The topological polar surface area (TPSA) is 71.1 Å². The Balaban J connectivity index is 1.43. The van der Waals surface area contributed by atoms with Crippen LogP contribution in [-0.2, 0) is 16.1 Å². The fraction of sp³-hybridized carbons (Fsp3) is 0.714. The molecule has 4 rings (SSSR count). The van der Waals surface area contributed by atoms with E-state index < -0.39 is 5.54 Å². The van der Waals surface area contributed by atoms with Crippen molar-refractivity contribution in [2.24, 2.45) is 5.92 Å². The highest BCUT2D eigenvalue weighted by Crippen LogP contribution is 2.36. The molecule has 1 aromatic carbocycles. The number of piperidine rings is 1. The smallest absolute Gasteiger partial charge is 0.246 e. The Morgan fingerprint density at radius 2 is 1.80 bits per heavy atom. The molecule has 0 aromatic heterocycles. The van der Waals surface area contributed by atoms with Gasteiger partial charge < -0.3 is 19.7 Å². The Kier molecular flexibility index (Phi) is 8.58. The van der Waals surface area contributed by atoms with E-state index in [1.54, 1.807) is 0 Å². The molecule has 0 aliphatic carbocycles. The molecule has 0 radical (unpaired) electrons. The summed E-state index contributed by atoms with van der Waals surface area (Å²) in [6, 6.07) is 5.76. The molecule has 3 heterocycles. The van der Waals surface area contributed by atoms with Crippen molar-refractivity contribution in [1.82, 2.24) is 15.1 Å². The minimum atomic E-state index is -0.710. The Bertz CT molecular complexity index is 881. The van der Waals surface area contributed by atoms with Crippen LogP contribution in [0.15, 0.2) is 18.2 Å². The van der Waals surface area contributed by atoms with E-state index in [1.807, 2.05) is 11.0 Å². The van der Waals surface area contributed by atoms with Gasteiger partial charge in [-0.2, -0.15) is 0 Å². The van der Waals surface area contributed by atoms with Gasteiger partial charge in [-0.15, -0.1) is 0 Å². The summed E-state index contributed by atoms with van der Waals surface area (Å²) in [5.41, 5.74) is 0.470. The summed E-state index contributed by atoms with van der Waals surface area (Å²) in [5.74, 6) is 2.28. The summed E-state index contributed by atoms with van der Waals surface area (Å²) >= 11 is 0. The molecular formula is C28H43N3O4. The first-order chi connectivity index (χ1) is 17.0. The molecule has 3 aliphatic heterocycles. The molecule has 2 atom stereocenters. The molecule has 0 bridgehead atoms. The number of carbonyl (C=O) groups excluding carboxylic acids is 2. The molecule has 194 valence electrons. The monoisotopic (exact) mass is 485 g/mol. The van der Waals surface area contributed by atoms with Gasteiger partial charge >= 0.3 is 0 Å². The Morgan fingerprint density at radius 1 is 1.06 bits per heavy atom. The number of likely N-dealkylation sites (tertiary alicyclic amines) is 1. The number of amides is 2. The lowest BCUT2D eigenvalue weighted by Crippen LogP contribution is -2.73. The van der Waals surface area contributed by atoms with Gasteiger partial charge in [-0.25, -0.2) is 0 Å². The maximum atomic E-state index is 13.7.